The van der Waals surface area contributed by atoms with Gasteiger partial charge in [-0.25, -0.2) is 4.99 Å². The molecule has 0 atom stereocenters. The zero-order valence-electron chi connectivity index (χ0n) is 17.0. The Morgan fingerprint density at radius 2 is 1.43 bits per heavy atom. The van der Waals surface area contributed by atoms with Crippen molar-refractivity contribution in [3.8, 4) is 0 Å². The van der Waals surface area contributed by atoms with Gasteiger partial charge in [-0.3, -0.25) is 0 Å². The van der Waals surface area contributed by atoms with Gasteiger partial charge in [-0.2, -0.15) is 0 Å². The lowest BCUT2D eigenvalue weighted by molar-refractivity contribution is 0.940. The lowest BCUT2D eigenvalue weighted by atomic mass is 9.95. The van der Waals surface area contributed by atoms with E-state index in [0.29, 0.717) is 0 Å². The molecule has 0 fully saturated rings. The molecule has 0 bridgehead atoms. The Morgan fingerprint density at radius 1 is 0.821 bits per heavy atom. The second-order valence-corrected chi connectivity index (χ2v) is 7.04. The molecule has 0 heterocycles. The van der Waals surface area contributed by atoms with Crippen molar-refractivity contribution in [2.24, 2.45) is 4.99 Å². The molecule has 0 amide bonds. The number of hydrogen-bond acceptors (Lipinski definition) is 2. The fourth-order valence-electron chi connectivity index (χ4n) is 3.28. The number of aliphatic imine (C=N–C) groups is 1. The van der Waals surface area contributed by atoms with E-state index in [9.17, 15) is 0 Å². The van der Waals surface area contributed by atoms with Gasteiger partial charge in [0.2, 0.25) is 0 Å². The standard InChI is InChI=1S/C26H28N2/c1-4-13-22(20-21-14-7-5-8-15-21)26(27-23-16-9-6-10-17-23)24-18-11-12-19-25(24)28(2)3/h5-12,14-20H,4,13H2,1-3H3/b22-20+,27-26?. The monoisotopic (exact) mass is 368 g/mol. The Morgan fingerprint density at radius 3 is 2.07 bits per heavy atom. The minimum absolute atomic E-state index is 0.973. The fourth-order valence-corrected chi connectivity index (χ4v) is 3.28. The summed E-state index contributed by atoms with van der Waals surface area (Å²) in [6, 6.07) is 29.2. The van der Waals surface area contributed by atoms with Crippen molar-refractivity contribution in [2.75, 3.05) is 19.0 Å². The molecule has 0 aliphatic rings. The SMILES string of the molecule is CCC/C(=C\c1ccccc1)C(=Nc1ccccc1)c1ccccc1N(C)C. The summed E-state index contributed by atoms with van der Waals surface area (Å²) in [5, 5.41) is 0. The highest BCUT2D eigenvalue weighted by Gasteiger charge is 2.15. The number of nitrogens with zero attached hydrogens (tertiary/aromatic N) is 2. The van der Waals surface area contributed by atoms with Gasteiger partial charge in [-0.05, 0) is 41.8 Å². The van der Waals surface area contributed by atoms with Crippen molar-refractivity contribution in [3.63, 3.8) is 0 Å². The van der Waals surface area contributed by atoms with Crippen LogP contribution in [-0.4, -0.2) is 19.8 Å². The Kier molecular flexibility index (Phi) is 6.80. The van der Waals surface area contributed by atoms with Crippen LogP contribution in [0.3, 0.4) is 0 Å². The van der Waals surface area contributed by atoms with Gasteiger partial charge in [0.25, 0.3) is 0 Å². The largest absolute Gasteiger partial charge is 0.377 e. The lowest BCUT2D eigenvalue weighted by Crippen LogP contribution is -2.15. The first-order chi connectivity index (χ1) is 13.7. The molecule has 2 nitrogen and oxygen atoms in total. The van der Waals surface area contributed by atoms with E-state index in [1.807, 2.05) is 18.2 Å². The van der Waals surface area contributed by atoms with Gasteiger partial charge in [0.15, 0.2) is 0 Å². The van der Waals surface area contributed by atoms with Gasteiger partial charge < -0.3 is 4.90 Å². The molecule has 2 heteroatoms. The van der Waals surface area contributed by atoms with Gasteiger partial charge in [-0.1, -0.05) is 80.1 Å². The zero-order chi connectivity index (χ0) is 19.8. The van der Waals surface area contributed by atoms with Crippen LogP contribution in [0.5, 0.6) is 0 Å². The van der Waals surface area contributed by atoms with E-state index >= 15 is 0 Å². The number of hydrogen-bond donors (Lipinski definition) is 0. The van der Waals surface area contributed by atoms with Gasteiger partial charge in [0.05, 0.1) is 11.4 Å². The Balaban J connectivity index is 2.21. The highest BCUT2D eigenvalue weighted by molar-refractivity contribution is 6.18. The topological polar surface area (TPSA) is 15.6 Å². The van der Waals surface area contributed by atoms with Crippen LogP contribution in [0.2, 0.25) is 0 Å². The van der Waals surface area contributed by atoms with Gasteiger partial charge in [0.1, 0.15) is 0 Å². The van der Waals surface area contributed by atoms with Gasteiger partial charge in [0, 0.05) is 25.3 Å². The minimum Gasteiger partial charge on any atom is -0.377 e. The Labute approximate surface area is 168 Å². The first kappa shape index (κ1) is 19.6. The van der Waals surface area contributed by atoms with E-state index in [1.54, 1.807) is 0 Å². The maximum absolute atomic E-state index is 5.11. The van der Waals surface area contributed by atoms with E-state index in [4.69, 9.17) is 4.99 Å². The van der Waals surface area contributed by atoms with Crippen molar-refractivity contribution in [3.05, 3.63) is 102 Å². The third-order valence-electron chi connectivity index (χ3n) is 4.60. The normalized spacial score (nSPS) is 12.1. The van der Waals surface area contributed by atoms with E-state index in [-0.39, 0.29) is 0 Å². The summed E-state index contributed by atoms with van der Waals surface area (Å²) in [4.78, 5) is 7.26. The molecule has 0 radical (unpaired) electrons. The number of benzene rings is 3. The third-order valence-corrected chi connectivity index (χ3v) is 4.60. The number of rotatable bonds is 7. The summed E-state index contributed by atoms with van der Waals surface area (Å²) in [5.74, 6) is 0. The van der Waals surface area contributed by atoms with Crippen LogP contribution in [0.25, 0.3) is 6.08 Å². The van der Waals surface area contributed by atoms with Crippen LogP contribution in [0, 0.1) is 0 Å². The summed E-state index contributed by atoms with van der Waals surface area (Å²) in [7, 11) is 4.17. The molecule has 0 aliphatic carbocycles. The van der Waals surface area contributed by atoms with Crippen LogP contribution in [0.1, 0.15) is 30.9 Å². The summed E-state index contributed by atoms with van der Waals surface area (Å²) >= 11 is 0. The smallest absolute Gasteiger partial charge is 0.0762 e. The van der Waals surface area contributed by atoms with Crippen LogP contribution >= 0.6 is 0 Å². The maximum Gasteiger partial charge on any atom is 0.0762 e. The molecule has 3 aromatic rings. The van der Waals surface area contributed by atoms with Gasteiger partial charge in [-0.15, -0.1) is 0 Å². The molecular formula is C26H28N2. The molecule has 28 heavy (non-hydrogen) atoms. The van der Waals surface area contributed by atoms with Crippen molar-refractivity contribution in [2.45, 2.75) is 19.8 Å². The molecule has 0 spiro atoms. The maximum atomic E-state index is 5.11. The van der Waals surface area contributed by atoms with E-state index in [2.05, 4.69) is 98.7 Å². The molecule has 0 unspecified atom stereocenters. The molecule has 0 aromatic heterocycles. The first-order valence-corrected chi connectivity index (χ1v) is 9.85. The second kappa shape index (κ2) is 9.70. The van der Waals surface area contributed by atoms with Crippen molar-refractivity contribution in [1.82, 2.24) is 0 Å². The average molecular weight is 369 g/mol. The third kappa shape index (κ3) is 4.98. The van der Waals surface area contributed by atoms with Gasteiger partial charge >= 0.3 is 0 Å². The second-order valence-electron chi connectivity index (χ2n) is 7.04. The van der Waals surface area contributed by atoms with Crippen LogP contribution in [-0.2, 0) is 0 Å². The lowest BCUT2D eigenvalue weighted by Gasteiger charge is -2.20. The highest BCUT2D eigenvalue weighted by Crippen LogP contribution is 2.27. The highest BCUT2D eigenvalue weighted by atomic mass is 15.1. The summed E-state index contributed by atoms with van der Waals surface area (Å²) in [6.45, 7) is 2.22. The van der Waals surface area contributed by atoms with Crippen LogP contribution in [0.15, 0.2) is 95.5 Å². The average Bonchev–Trinajstić information content (AvgIpc) is 2.73. The molecule has 0 saturated carbocycles. The van der Waals surface area contributed by atoms with Crippen molar-refractivity contribution >= 4 is 23.2 Å². The molecule has 3 aromatic carbocycles. The van der Waals surface area contributed by atoms with Crippen LogP contribution in [0.4, 0.5) is 11.4 Å². The van der Waals surface area contributed by atoms with E-state index < -0.39 is 0 Å². The molecule has 0 aliphatic heterocycles. The number of anilines is 1. The Hall–Kier alpha value is -3.13. The molecule has 0 N–H and O–H groups in total. The van der Waals surface area contributed by atoms with Crippen molar-refractivity contribution in [1.29, 1.82) is 0 Å². The Bertz CT molecular complexity index is 938. The van der Waals surface area contributed by atoms with E-state index in [0.717, 1.165) is 29.8 Å². The molecule has 142 valence electrons. The molecule has 3 rings (SSSR count). The number of allylic oxidation sites excluding steroid dienone is 1. The number of para-hydroxylation sites is 2. The fraction of sp³-hybridized carbons (Fsp3) is 0.192. The zero-order valence-corrected chi connectivity index (χ0v) is 17.0. The molecular weight excluding hydrogens is 340 g/mol. The van der Waals surface area contributed by atoms with Crippen LogP contribution < -0.4 is 4.90 Å². The first-order valence-electron chi connectivity index (χ1n) is 9.85. The predicted molar refractivity (Wildman–Crippen MR) is 123 cm³/mol. The quantitative estimate of drug-likeness (QED) is 0.421. The summed E-state index contributed by atoms with van der Waals surface area (Å²) in [5.41, 5.74) is 6.81. The minimum atomic E-state index is 0.973. The summed E-state index contributed by atoms with van der Waals surface area (Å²) < 4.78 is 0. The molecule has 0 saturated heterocycles. The summed E-state index contributed by atoms with van der Waals surface area (Å²) in [6.07, 6.45) is 4.32. The van der Waals surface area contributed by atoms with E-state index in [1.165, 1.54) is 16.8 Å². The van der Waals surface area contributed by atoms with Crippen molar-refractivity contribution < 1.29 is 0 Å². The predicted octanol–water partition coefficient (Wildman–Crippen LogP) is 6.76.